The molecular weight excluding hydrogens is 224 g/mol. The molecule has 15 heavy (non-hydrogen) atoms. The van der Waals surface area contributed by atoms with E-state index in [-0.39, 0.29) is 0 Å². The van der Waals surface area contributed by atoms with Gasteiger partial charge in [-0.15, -0.1) is 11.3 Å². The van der Waals surface area contributed by atoms with Crippen LogP contribution in [-0.4, -0.2) is 22.5 Å². The zero-order valence-corrected chi connectivity index (χ0v) is 11.6. The maximum atomic E-state index is 4.41. The summed E-state index contributed by atoms with van der Waals surface area (Å²) in [7, 11) is 0. The Balaban J connectivity index is 2.54. The van der Waals surface area contributed by atoms with Gasteiger partial charge in [0.25, 0.3) is 0 Å². The fraction of sp³-hybridized carbons (Fsp3) is 0.727. The molecule has 0 aromatic carbocycles. The van der Waals surface area contributed by atoms with Crippen LogP contribution < -0.4 is 5.32 Å². The lowest BCUT2D eigenvalue weighted by molar-refractivity contribution is 0.574. The molecule has 0 fully saturated rings. The molecule has 1 aromatic heterocycles. The molecule has 0 saturated heterocycles. The molecule has 86 valence electrons. The summed E-state index contributed by atoms with van der Waals surface area (Å²) in [4.78, 5) is 4.41. The molecule has 0 radical (unpaired) electrons. The molecule has 0 aliphatic heterocycles. The van der Waals surface area contributed by atoms with Gasteiger partial charge >= 0.3 is 0 Å². The third kappa shape index (κ3) is 3.38. The lowest BCUT2D eigenvalue weighted by Gasteiger charge is -2.29. The van der Waals surface area contributed by atoms with Gasteiger partial charge in [0.05, 0.1) is 5.69 Å². The van der Waals surface area contributed by atoms with E-state index < -0.39 is 0 Å². The molecule has 0 atom stereocenters. The van der Waals surface area contributed by atoms with E-state index in [1.54, 1.807) is 11.3 Å². The van der Waals surface area contributed by atoms with E-state index >= 15 is 0 Å². The first-order chi connectivity index (χ1) is 7.15. The Kier molecular flexibility index (Phi) is 4.93. The third-order valence-corrected chi connectivity index (χ3v) is 5.41. The standard InChI is InChI=1S/C11H20N2S2/c1-5-11(6-2,14-4)8-12-10-13-9(3)7-15-10/h7H,5-6,8H2,1-4H3,(H,12,13). The van der Waals surface area contributed by atoms with Crippen LogP contribution in [0.15, 0.2) is 5.38 Å². The van der Waals surface area contributed by atoms with Gasteiger partial charge in [0.1, 0.15) is 0 Å². The number of nitrogens with zero attached hydrogens (tertiary/aromatic N) is 1. The lowest BCUT2D eigenvalue weighted by atomic mass is 10.0. The van der Waals surface area contributed by atoms with Gasteiger partial charge in [0, 0.05) is 16.7 Å². The molecule has 1 rings (SSSR count). The summed E-state index contributed by atoms with van der Waals surface area (Å²) in [5, 5.41) is 6.58. The van der Waals surface area contributed by atoms with E-state index in [2.05, 4.69) is 35.8 Å². The Morgan fingerprint density at radius 2 is 2.13 bits per heavy atom. The lowest BCUT2D eigenvalue weighted by Crippen LogP contribution is -2.31. The Labute approximate surface area is 101 Å². The summed E-state index contributed by atoms with van der Waals surface area (Å²) in [5.74, 6) is 0. The summed E-state index contributed by atoms with van der Waals surface area (Å²) in [6.45, 7) is 7.56. The predicted molar refractivity (Wildman–Crippen MR) is 72.2 cm³/mol. The molecule has 0 aliphatic rings. The van der Waals surface area contributed by atoms with Crippen molar-refractivity contribution < 1.29 is 0 Å². The van der Waals surface area contributed by atoms with Crippen molar-refractivity contribution in [1.82, 2.24) is 4.98 Å². The zero-order chi connectivity index (χ0) is 11.3. The van der Waals surface area contributed by atoms with Gasteiger partial charge in [-0.1, -0.05) is 13.8 Å². The smallest absolute Gasteiger partial charge is 0.182 e. The van der Waals surface area contributed by atoms with Crippen LogP contribution in [0.3, 0.4) is 0 Å². The number of hydrogen-bond donors (Lipinski definition) is 1. The highest BCUT2D eigenvalue weighted by molar-refractivity contribution is 8.00. The first-order valence-corrected chi connectivity index (χ1v) is 7.47. The van der Waals surface area contributed by atoms with E-state index in [1.165, 1.54) is 12.8 Å². The van der Waals surface area contributed by atoms with Crippen LogP contribution in [0.25, 0.3) is 0 Å². The highest BCUT2D eigenvalue weighted by atomic mass is 32.2. The van der Waals surface area contributed by atoms with Crippen molar-refractivity contribution in [2.24, 2.45) is 0 Å². The molecule has 1 heterocycles. The highest BCUT2D eigenvalue weighted by Gasteiger charge is 2.24. The fourth-order valence-corrected chi connectivity index (χ4v) is 3.01. The average molecular weight is 244 g/mol. The fourth-order valence-electron chi connectivity index (χ4n) is 1.53. The Morgan fingerprint density at radius 1 is 1.47 bits per heavy atom. The van der Waals surface area contributed by atoms with Gasteiger partial charge in [0.2, 0.25) is 0 Å². The molecule has 0 spiro atoms. The van der Waals surface area contributed by atoms with Crippen molar-refractivity contribution in [2.75, 3.05) is 18.1 Å². The topological polar surface area (TPSA) is 24.9 Å². The maximum Gasteiger partial charge on any atom is 0.182 e. The van der Waals surface area contributed by atoms with Crippen molar-refractivity contribution in [2.45, 2.75) is 38.4 Å². The first-order valence-electron chi connectivity index (χ1n) is 5.37. The Bertz CT molecular complexity index is 284. The summed E-state index contributed by atoms with van der Waals surface area (Å²) >= 11 is 3.65. The molecule has 0 amide bonds. The monoisotopic (exact) mass is 244 g/mol. The Hall–Kier alpha value is -0.220. The van der Waals surface area contributed by atoms with Crippen LogP contribution in [0.2, 0.25) is 0 Å². The number of aromatic nitrogens is 1. The van der Waals surface area contributed by atoms with Gasteiger partial charge in [-0.25, -0.2) is 4.98 Å². The number of thiazole rings is 1. The molecular formula is C11H20N2S2. The van der Waals surface area contributed by atoms with Crippen molar-refractivity contribution in [3.05, 3.63) is 11.1 Å². The highest BCUT2D eigenvalue weighted by Crippen LogP contribution is 2.31. The minimum Gasteiger partial charge on any atom is -0.360 e. The zero-order valence-electron chi connectivity index (χ0n) is 9.96. The number of anilines is 1. The minimum atomic E-state index is 0.361. The second kappa shape index (κ2) is 5.75. The second-order valence-corrected chi connectivity index (χ2v) is 5.87. The molecule has 1 N–H and O–H groups in total. The third-order valence-electron chi connectivity index (χ3n) is 2.90. The van der Waals surface area contributed by atoms with Crippen LogP contribution in [-0.2, 0) is 0 Å². The normalized spacial score (nSPS) is 11.7. The molecule has 2 nitrogen and oxygen atoms in total. The first kappa shape index (κ1) is 12.8. The van der Waals surface area contributed by atoms with Crippen LogP contribution in [0, 0.1) is 6.92 Å². The summed E-state index contributed by atoms with van der Waals surface area (Å²) in [6, 6.07) is 0. The predicted octanol–water partition coefficient (Wildman–Crippen LogP) is 3.79. The van der Waals surface area contributed by atoms with E-state index in [4.69, 9.17) is 0 Å². The summed E-state index contributed by atoms with van der Waals surface area (Å²) in [5.41, 5.74) is 1.10. The number of hydrogen-bond acceptors (Lipinski definition) is 4. The number of aryl methyl sites for hydroxylation is 1. The summed E-state index contributed by atoms with van der Waals surface area (Å²) in [6.07, 6.45) is 4.59. The van der Waals surface area contributed by atoms with Crippen molar-refractivity contribution in [1.29, 1.82) is 0 Å². The van der Waals surface area contributed by atoms with Gasteiger partial charge in [-0.2, -0.15) is 11.8 Å². The second-order valence-electron chi connectivity index (χ2n) is 3.74. The molecule has 0 saturated carbocycles. The van der Waals surface area contributed by atoms with E-state index in [0.717, 1.165) is 17.4 Å². The average Bonchev–Trinajstić information content (AvgIpc) is 2.67. The molecule has 4 heteroatoms. The molecule has 0 bridgehead atoms. The van der Waals surface area contributed by atoms with Crippen LogP contribution in [0.5, 0.6) is 0 Å². The van der Waals surface area contributed by atoms with E-state index in [9.17, 15) is 0 Å². The minimum absolute atomic E-state index is 0.361. The SMILES string of the molecule is CCC(CC)(CNc1nc(C)cs1)SC. The molecule has 0 unspecified atom stereocenters. The van der Waals surface area contributed by atoms with Crippen molar-refractivity contribution in [3.63, 3.8) is 0 Å². The van der Waals surface area contributed by atoms with Gasteiger partial charge in [-0.3, -0.25) is 0 Å². The maximum absolute atomic E-state index is 4.41. The largest absolute Gasteiger partial charge is 0.360 e. The van der Waals surface area contributed by atoms with Gasteiger partial charge in [-0.05, 0) is 26.0 Å². The Morgan fingerprint density at radius 3 is 2.53 bits per heavy atom. The van der Waals surface area contributed by atoms with Crippen LogP contribution in [0.1, 0.15) is 32.4 Å². The quantitative estimate of drug-likeness (QED) is 0.824. The van der Waals surface area contributed by atoms with Crippen molar-refractivity contribution in [3.8, 4) is 0 Å². The number of thioether (sulfide) groups is 1. The van der Waals surface area contributed by atoms with E-state index in [0.29, 0.717) is 4.75 Å². The number of rotatable bonds is 6. The number of nitrogens with one attached hydrogen (secondary N) is 1. The van der Waals surface area contributed by atoms with Crippen molar-refractivity contribution >= 4 is 28.2 Å². The van der Waals surface area contributed by atoms with Crippen LogP contribution in [0.4, 0.5) is 5.13 Å². The van der Waals surface area contributed by atoms with E-state index in [1.807, 2.05) is 18.7 Å². The van der Waals surface area contributed by atoms with Gasteiger partial charge in [0.15, 0.2) is 5.13 Å². The van der Waals surface area contributed by atoms with Crippen LogP contribution >= 0.6 is 23.1 Å². The summed E-state index contributed by atoms with van der Waals surface area (Å²) < 4.78 is 0.361. The van der Waals surface area contributed by atoms with Gasteiger partial charge < -0.3 is 5.32 Å². The molecule has 0 aliphatic carbocycles. The molecule has 1 aromatic rings.